The third-order valence-electron chi connectivity index (χ3n) is 4.41. The van der Waals surface area contributed by atoms with Crippen LogP contribution in [0.4, 0.5) is 5.69 Å². The molecule has 156 valence electrons. The van der Waals surface area contributed by atoms with Gasteiger partial charge in [-0.05, 0) is 30.3 Å². The number of aromatic hydroxyl groups is 1. The number of sulfonamides is 1. The van der Waals surface area contributed by atoms with Crippen molar-refractivity contribution in [1.29, 1.82) is 0 Å². The maximum atomic E-state index is 13.3. The summed E-state index contributed by atoms with van der Waals surface area (Å²) in [6.07, 6.45) is -0.241. The Morgan fingerprint density at radius 2 is 1.67 bits per heavy atom. The van der Waals surface area contributed by atoms with Crippen LogP contribution in [0.2, 0.25) is 0 Å². The summed E-state index contributed by atoms with van der Waals surface area (Å²) >= 11 is 0. The van der Waals surface area contributed by atoms with Gasteiger partial charge in [-0.25, -0.2) is 12.7 Å². The zero-order chi connectivity index (χ0) is 21.7. The number of amides is 1. The fourth-order valence-electron chi connectivity index (χ4n) is 2.97. The summed E-state index contributed by atoms with van der Waals surface area (Å²) in [6, 6.07) is 18.1. The predicted octanol–water partition coefficient (Wildman–Crippen LogP) is 3.37. The first kappa shape index (κ1) is 21.2. The molecule has 3 aromatic carbocycles. The van der Waals surface area contributed by atoms with E-state index in [-0.39, 0.29) is 22.8 Å². The molecular weight excluding hydrogens is 406 g/mol. The van der Waals surface area contributed by atoms with Crippen LogP contribution in [-0.2, 0) is 21.2 Å². The Balaban J connectivity index is 2.06. The van der Waals surface area contributed by atoms with Gasteiger partial charge in [0.25, 0.3) is 10.0 Å². The highest BCUT2D eigenvalue weighted by Crippen LogP contribution is 2.30. The second-order valence-corrected chi connectivity index (χ2v) is 8.14. The normalized spacial score (nSPS) is 11.0. The molecule has 7 nitrogen and oxygen atoms in total. The Bertz CT molecular complexity index is 1150. The lowest BCUT2D eigenvalue weighted by molar-refractivity contribution is -0.116. The number of ether oxygens (including phenoxy) is 2. The van der Waals surface area contributed by atoms with Crippen molar-refractivity contribution in [3.8, 4) is 17.2 Å². The minimum absolute atomic E-state index is 0.0383. The number of carbonyl (C=O) groups is 1. The van der Waals surface area contributed by atoms with Gasteiger partial charge < -0.3 is 14.6 Å². The number of methoxy groups -OCH3 is 2. The van der Waals surface area contributed by atoms with Gasteiger partial charge in [-0.2, -0.15) is 0 Å². The third kappa shape index (κ3) is 4.38. The second kappa shape index (κ2) is 8.87. The molecule has 0 aromatic heterocycles. The summed E-state index contributed by atoms with van der Waals surface area (Å²) in [5.74, 6) is 0.0870. The van der Waals surface area contributed by atoms with Crippen molar-refractivity contribution in [2.45, 2.75) is 11.3 Å². The minimum Gasteiger partial charge on any atom is -0.508 e. The molecule has 0 heterocycles. The van der Waals surface area contributed by atoms with E-state index in [1.807, 2.05) is 0 Å². The van der Waals surface area contributed by atoms with Gasteiger partial charge in [0.05, 0.1) is 31.2 Å². The van der Waals surface area contributed by atoms with Crippen molar-refractivity contribution in [2.75, 3.05) is 18.5 Å². The molecular formula is C22H21NO6S. The Morgan fingerprint density at radius 1 is 0.933 bits per heavy atom. The van der Waals surface area contributed by atoms with Crippen molar-refractivity contribution in [3.63, 3.8) is 0 Å². The number of benzene rings is 3. The lowest BCUT2D eigenvalue weighted by Gasteiger charge is -2.23. The van der Waals surface area contributed by atoms with Gasteiger partial charge in [0.15, 0.2) is 0 Å². The summed E-state index contributed by atoms with van der Waals surface area (Å²) in [5.41, 5.74) is 0.535. The van der Waals surface area contributed by atoms with Gasteiger partial charge in [0, 0.05) is 17.7 Å². The van der Waals surface area contributed by atoms with Gasteiger partial charge in [-0.15, -0.1) is 0 Å². The average Bonchev–Trinajstić information content (AvgIpc) is 2.74. The first-order valence-electron chi connectivity index (χ1n) is 9.00. The molecule has 1 N–H and O–H groups in total. The smallest absolute Gasteiger partial charge is 0.270 e. The molecule has 30 heavy (non-hydrogen) atoms. The standard InChI is InChI=1S/C22H21NO6S/c1-28-19-12-11-16(21(15-19)29-2)13-22(25)23(17-7-6-8-18(24)14-17)30(26,27)20-9-4-3-5-10-20/h3-12,14-15,24H,13H2,1-2H3. The second-order valence-electron chi connectivity index (χ2n) is 6.35. The van der Waals surface area contributed by atoms with E-state index < -0.39 is 15.9 Å². The van der Waals surface area contributed by atoms with Crippen molar-refractivity contribution >= 4 is 21.6 Å². The molecule has 3 rings (SSSR count). The highest BCUT2D eigenvalue weighted by Gasteiger charge is 2.31. The van der Waals surface area contributed by atoms with Gasteiger partial charge in [0.1, 0.15) is 17.2 Å². The van der Waals surface area contributed by atoms with Gasteiger partial charge in [0.2, 0.25) is 5.91 Å². The largest absolute Gasteiger partial charge is 0.508 e. The number of phenols is 1. The maximum Gasteiger partial charge on any atom is 0.270 e. The van der Waals surface area contributed by atoms with Gasteiger partial charge in [-0.3, -0.25) is 4.79 Å². The Hall–Kier alpha value is -3.52. The van der Waals surface area contributed by atoms with Crippen molar-refractivity contribution < 1.29 is 27.8 Å². The molecule has 0 bridgehead atoms. The molecule has 3 aromatic rings. The van der Waals surface area contributed by atoms with Crippen LogP contribution in [0.3, 0.4) is 0 Å². The van der Waals surface area contributed by atoms with Crippen LogP contribution in [0, 0.1) is 0 Å². The number of anilines is 1. The molecule has 0 spiro atoms. The first-order valence-corrected chi connectivity index (χ1v) is 10.4. The summed E-state index contributed by atoms with van der Waals surface area (Å²) in [5, 5.41) is 9.84. The summed E-state index contributed by atoms with van der Waals surface area (Å²) < 4.78 is 37.8. The zero-order valence-corrected chi connectivity index (χ0v) is 17.3. The first-order chi connectivity index (χ1) is 14.4. The number of nitrogens with zero attached hydrogens (tertiary/aromatic N) is 1. The lowest BCUT2D eigenvalue weighted by Crippen LogP contribution is -2.38. The molecule has 0 saturated carbocycles. The minimum atomic E-state index is -4.22. The Labute approximate surface area is 175 Å². The highest BCUT2D eigenvalue weighted by molar-refractivity contribution is 7.93. The molecule has 0 aliphatic rings. The molecule has 0 aliphatic carbocycles. The maximum absolute atomic E-state index is 13.3. The van der Waals surface area contributed by atoms with Gasteiger partial charge >= 0.3 is 0 Å². The number of hydrogen-bond acceptors (Lipinski definition) is 6. The average molecular weight is 427 g/mol. The van der Waals surface area contributed by atoms with Crippen LogP contribution in [0.15, 0.2) is 77.7 Å². The molecule has 0 atom stereocenters. The Kier molecular flexibility index (Phi) is 6.27. The van der Waals surface area contributed by atoms with E-state index in [0.29, 0.717) is 21.4 Å². The van der Waals surface area contributed by atoms with Crippen LogP contribution in [0.25, 0.3) is 0 Å². The SMILES string of the molecule is COc1ccc(CC(=O)N(c2cccc(O)c2)S(=O)(=O)c2ccccc2)c(OC)c1. The molecule has 8 heteroatoms. The molecule has 1 amide bonds. The van der Waals surface area contributed by atoms with Gasteiger partial charge in [-0.1, -0.05) is 30.3 Å². The molecule has 0 fully saturated rings. The van der Waals surface area contributed by atoms with Crippen LogP contribution < -0.4 is 13.8 Å². The summed E-state index contributed by atoms with van der Waals surface area (Å²) in [6.45, 7) is 0. The predicted molar refractivity (Wildman–Crippen MR) is 112 cm³/mol. The summed E-state index contributed by atoms with van der Waals surface area (Å²) in [4.78, 5) is 13.2. The number of phenolic OH excluding ortho intramolecular Hbond substituents is 1. The molecule has 0 unspecified atom stereocenters. The Morgan fingerprint density at radius 3 is 2.30 bits per heavy atom. The van der Waals surface area contributed by atoms with E-state index >= 15 is 0 Å². The van der Waals surface area contributed by atoms with E-state index in [4.69, 9.17) is 9.47 Å². The zero-order valence-electron chi connectivity index (χ0n) is 16.5. The molecule has 0 saturated heterocycles. The number of rotatable bonds is 7. The van der Waals surface area contributed by atoms with Crippen LogP contribution in [0.5, 0.6) is 17.2 Å². The van der Waals surface area contributed by atoms with E-state index in [2.05, 4.69) is 0 Å². The van der Waals surface area contributed by atoms with Crippen LogP contribution >= 0.6 is 0 Å². The number of carbonyl (C=O) groups excluding carboxylic acids is 1. The quantitative estimate of drug-likeness (QED) is 0.621. The lowest BCUT2D eigenvalue weighted by atomic mass is 10.1. The number of hydrogen-bond donors (Lipinski definition) is 1. The van der Waals surface area contributed by atoms with E-state index in [0.717, 1.165) is 0 Å². The monoisotopic (exact) mass is 427 g/mol. The third-order valence-corrected chi connectivity index (χ3v) is 6.17. The summed E-state index contributed by atoms with van der Waals surface area (Å²) in [7, 11) is -1.25. The molecule has 0 radical (unpaired) electrons. The van der Waals surface area contributed by atoms with Crippen LogP contribution in [-0.4, -0.2) is 33.7 Å². The molecule has 0 aliphatic heterocycles. The van der Waals surface area contributed by atoms with E-state index in [1.165, 1.54) is 50.6 Å². The fraction of sp³-hybridized carbons (Fsp3) is 0.136. The van der Waals surface area contributed by atoms with Crippen LogP contribution in [0.1, 0.15) is 5.56 Å². The van der Waals surface area contributed by atoms with E-state index in [9.17, 15) is 18.3 Å². The highest BCUT2D eigenvalue weighted by atomic mass is 32.2. The van der Waals surface area contributed by atoms with Crippen molar-refractivity contribution in [2.24, 2.45) is 0 Å². The topological polar surface area (TPSA) is 93.1 Å². The fourth-order valence-corrected chi connectivity index (χ4v) is 4.40. The van der Waals surface area contributed by atoms with Crippen molar-refractivity contribution in [3.05, 3.63) is 78.4 Å². The van der Waals surface area contributed by atoms with Crippen molar-refractivity contribution in [1.82, 2.24) is 0 Å². The van der Waals surface area contributed by atoms with E-state index in [1.54, 1.807) is 36.4 Å².